The Morgan fingerprint density at radius 2 is 1.81 bits per heavy atom. The molecule has 2 atom stereocenters. The summed E-state index contributed by atoms with van der Waals surface area (Å²) in [5, 5.41) is 13.8. The van der Waals surface area contributed by atoms with Crippen molar-refractivity contribution in [2.45, 2.75) is 26.7 Å². The van der Waals surface area contributed by atoms with E-state index in [9.17, 15) is 24.5 Å². The standard InChI is InChI=1S/C24H25N3O8S/c1-13-20(23(29)33-4)22(18-9-10-19(36-18)27(31)32)21(14(2)25-13)24(30)35-12-11-34-17-7-5-16(6-8-17)26-15(3)28/h5-10,20,22H,11-12H2,1-4H3,(H,26,28)/t20?,22-/m0/s1. The zero-order chi connectivity index (χ0) is 26.4. The van der Waals surface area contributed by atoms with Crippen LogP contribution in [0.4, 0.5) is 10.7 Å². The molecule has 3 rings (SSSR count). The molecule has 1 aliphatic heterocycles. The molecule has 1 aliphatic rings. The lowest BCUT2D eigenvalue weighted by Gasteiger charge is -2.30. The van der Waals surface area contributed by atoms with Crippen LogP contribution in [0.25, 0.3) is 0 Å². The van der Waals surface area contributed by atoms with Gasteiger partial charge in [0.25, 0.3) is 0 Å². The SMILES string of the molecule is COC(=O)C1C(C)=NC(C)=C(C(=O)OCCOc2ccc(NC(C)=O)cc2)[C@H]1c1ccc([N+](=O)[O-])s1. The molecule has 11 nitrogen and oxygen atoms in total. The molecular weight excluding hydrogens is 490 g/mol. The zero-order valence-electron chi connectivity index (χ0n) is 20.1. The van der Waals surface area contributed by atoms with E-state index in [0.717, 1.165) is 11.3 Å². The number of carbonyl (C=O) groups is 3. The summed E-state index contributed by atoms with van der Waals surface area (Å²) < 4.78 is 15.9. The van der Waals surface area contributed by atoms with Gasteiger partial charge in [-0.15, -0.1) is 0 Å². The molecule has 1 aromatic heterocycles. The summed E-state index contributed by atoms with van der Waals surface area (Å²) >= 11 is 0.880. The number of carbonyl (C=O) groups excluding carboxylic acids is 3. The van der Waals surface area contributed by atoms with Crippen molar-refractivity contribution >= 4 is 45.6 Å². The van der Waals surface area contributed by atoms with Crippen LogP contribution in [0.5, 0.6) is 5.75 Å². The highest BCUT2D eigenvalue weighted by atomic mass is 32.1. The number of hydrogen-bond donors (Lipinski definition) is 1. The third kappa shape index (κ3) is 6.13. The number of allylic oxidation sites excluding steroid dienone is 1. The van der Waals surface area contributed by atoms with Gasteiger partial charge in [-0.05, 0) is 44.2 Å². The summed E-state index contributed by atoms with van der Waals surface area (Å²) in [6, 6.07) is 9.54. The van der Waals surface area contributed by atoms with E-state index < -0.39 is 28.7 Å². The Bertz CT molecular complexity index is 1230. The number of nitro groups is 1. The van der Waals surface area contributed by atoms with Crippen LogP contribution < -0.4 is 10.1 Å². The summed E-state index contributed by atoms with van der Waals surface area (Å²) in [7, 11) is 1.23. The molecule has 12 heteroatoms. The van der Waals surface area contributed by atoms with Gasteiger partial charge in [-0.3, -0.25) is 24.7 Å². The van der Waals surface area contributed by atoms with E-state index in [1.165, 1.54) is 26.2 Å². The summed E-state index contributed by atoms with van der Waals surface area (Å²) in [5.74, 6) is -2.76. The molecule has 36 heavy (non-hydrogen) atoms. The lowest BCUT2D eigenvalue weighted by Crippen LogP contribution is -2.36. The fraction of sp³-hybridized carbons (Fsp3) is 0.333. The highest BCUT2D eigenvalue weighted by Gasteiger charge is 2.43. The van der Waals surface area contributed by atoms with Gasteiger partial charge < -0.3 is 19.5 Å². The second-order valence-corrected chi connectivity index (χ2v) is 8.95. The Labute approximate surface area is 210 Å². The predicted molar refractivity (Wildman–Crippen MR) is 132 cm³/mol. The van der Waals surface area contributed by atoms with Gasteiger partial charge in [0.1, 0.15) is 24.9 Å². The van der Waals surface area contributed by atoms with Crippen molar-refractivity contribution in [1.29, 1.82) is 0 Å². The minimum absolute atomic E-state index is 0.0510. The Hall–Kier alpha value is -4.06. The molecule has 1 N–H and O–H groups in total. The van der Waals surface area contributed by atoms with E-state index in [4.69, 9.17) is 14.2 Å². The van der Waals surface area contributed by atoms with E-state index in [-0.39, 0.29) is 29.7 Å². The molecule has 0 fully saturated rings. The van der Waals surface area contributed by atoms with Gasteiger partial charge in [-0.2, -0.15) is 0 Å². The van der Waals surface area contributed by atoms with E-state index in [1.807, 2.05) is 0 Å². The lowest BCUT2D eigenvalue weighted by atomic mass is 9.79. The van der Waals surface area contributed by atoms with Gasteiger partial charge in [0, 0.05) is 40.9 Å². The maximum Gasteiger partial charge on any atom is 0.336 e. The topological polar surface area (TPSA) is 146 Å². The van der Waals surface area contributed by atoms with Crippen molar-refractivity contribution in [1.82, 2.24) is 0 Å². The maximum absolute atomic E-state index is 13.1. The quantitative estimate of drug-likeness (QED) is 0.229. The molecule has 190 valence electrons. The van der Waals surface area contributed by atoms with Crippen molar-refractivity contribution in [3.05, 3.63) is 62.7 Å². The number of amides is 1. The van der Waals surface area contributed by atoms with Crippen LogP contribution in [-0.2, 0) is 23.9 Å². The second kappa shape index (κ2) is 11.6. The fourth-order valence-corrected chi connectivity index (χ4v) is 4.83. The molecule has 0 aliphatic carbocycles. The average Bonchev–Trinajstić information content (AvgIpc) is 3.32. The summed E-state index contributed by atoms with van der Waals surface area (Å²) in [5.41, 5.74) is 1.54. The number of thiophene rings is 1. The van der Waals surface area contributed by atoms with Crippen LogP contribution in [0.15, 0.2) is 52.7 Å². The van der Waals surface area contributed by atoms with Gasteiger partial charge in [0.15, 0.2) is 0 Å². The normalized spacial score (nSPS) is 17.2. The third-order valence-electron chi connectivity index (χ3n) is 5.36. The number of anilines is 1. The molecular formula is C24H25N3O8S. The number of methoxy groups -OCH3 is 1. The summed E-state index contributed by atoms with van der Waals surface area (Å²) in [6.07, 6.45) is 0. The molecule has 0 saturated carbocycles. The van der Waals surface area contributed by atoms with Crippen molar-refractivity contribution in [3.8, 4) is 5.75 Å². The predicted octanol–water partition coefficient (Wildman–Crippen LogP) is 3.86. The molecule has 0 radical (unpaired) electrons. The zero-order valence-corrected chi connectivity index (χ0v) is 20.9. The number of esters is 2. The van der Waals surface area contributed by atoms with Crippen molar-refractivity contribution in [3.63, 3.8) is 0 Å². The van der Waals surface area contributed by atoms with Crippen LogP contribution in [-0.4, -0.2) is 48.8 Å². The van der Waals surface area contributed by atoms with E-state index in [2.05, 4.69) is 10.3 Å². The average molecular weight is 516 g/mol. The van der Waals surface area contributed by atoms with E-state index in [0.29, 0.717) is 27.7 Å². The second-order valence-electron chi connectivity index (χ2n) is 7.85. The summed E-state index contributed by atoms with van der Waals surface area (Å²) in [6.45, 7) is 4.64. The number of benzene rings is 1. The molecule has 1 unspecified atom stereocenters. The first-order valence-electron chi connectivity index (χ1n) is 10.9. The Balaban J connectivity index is 1.75. The molecule has 0 spiro atoms. The smallest absolute Gasteiger partial charge is 0.336 e. The molecule has 0 bridgehead atoms. The first kappa shape index (κ1) is 26.5. The Morgan fingerprint density at radius 3 is 2.39 bits per heavy atom. The molecule has 2 heterocycles. The number of ether oxygens (including phenoxy) is 3. The summed E-state index contributed by atoms with van der Waals surface area (Å²) in [4.78, 5) is 52.4. The number of rotatable bonds is 9. The highest BCUT2D eigenvalue weighted by Crippen LogP contribution is 2.43. The van der Waals surface area contributed by atoms with Crippen LogP contribution in [0.3, 0.4) is 0 Å². The van der Waals surface area contributed by atoms with E-state index in [1.54, 1.807) is 38.1 Å². The van der Waals surface area contributed by atoms with Gasteiger partial charge in [-0.1, -0.05) is 11.3 Å². The van der Waals surface area contributed by atoms with Crippen molar-refractivity contribution < 1.29 is 33.5 Å². The fourth-order valence-electron chi connectivity index (χ4n) is 3.86. The number of nitrogens with zero attached hydrogens (tertiary/aromatic N) is 2. The van der Waals surface area contributed by atoms with Crippen LogP contribution >= 0.6 is 11.3 Å². The minimum atomic E-state index is -0.933. The van der Waals surface area contributed by atoms with Gasteiger partial charge in [-0.25, -0.2) is 4.79 Å². The van der Waals surface area contributed by atoms with Crippen molar-refractivity contribution in [2.75, 3.05) is 25.6 Å². The van der Waals surface area contributed by atoms with E-state index >= 15 is 0 Å². The first-order valence-corrected chi connectivity index (χ1v) is 11.7. The van der Waals surface area contributed by atoms with Crippen LogP contribution in [0.2, 0.25) is 0 Å². The number of hydrogen-bond acceptors (Lipinski definition) is 10. The highest BCUT2D eigenvalue weighted by molar-refractivity contribution is 7.15. The molecule has 1 amide bonds. The van der Waals surface area contributed by atoms with Gasteiger partial charge in [0.2, 0.25) is 5.91 Å². The molecule has 1 aromatic carbocycles. The third-order valence-corrected chi connectivity index (χ3v) is 6.48. The maximum atomic E-state index is 13.1. The molecule has 2 aromatic rings. The minimum Gasteiger partial charge on any atom is -0.490 e. The van der Waals surface area contributed by atoms with Crippen LogP contribution in [0.1, 0.15) is 31.6 Å². The Kier molecular flexibility index (Phi) is 8.54. The first-order chi connectivity index (χ1) is 17.1. The van der Waals surface area contributed by atoms with Crippen molar-refractivity contribution in [2.24, 2.45) is 10.9 Å². The lowest BCUT2D eigenvalue weighted by molar-refractivity contribution is -0.380. The number of aliphatic imine (C=N–C) groups is 1. The van der Waals surface area contributed by atoms with Gasteiger partial charge >= 0.3 is 16.9 Å². The molecule has 0 saturated heterocycles. The monoisotopic (exact) mass is 515 g/mol. The van der Waals surface area contributed by atoms with Gasteiger partial charge in [0.05, 0.1) is 17.6 Å². The largest absolute Gasteiger partial charge is 0.490 e. The number of nitrogens with one attached hydrogen (secondary N) is 1. The Morgan fingerprint density at radius 1 is 1.11 bits per heavy atom. The van der Waals surface area contributed by atoms with Crippen LogP contribution in [0, 0.1) is 16.0 Å².